The highest BCUT2D eigenvalue weighted by Gasteiger charge is 2.39. The van der Waals surface area contributed by atoms with Crippen LogP contribution in [0, 0.1) is 0 Å². The van der Waals surface area contributed by atoms with E-state index in [-0.39, 0.29) is 6.09 Å². The van der Waals surface area contributed by atoms with Gasteiger partial charge < -0.3 is 23.7 Å². The van der Waals surface area contributed by atoms with Crippen molar-refractivity contribution in [3.8, 4) is 22.6 Å². The van der Waals surface area contributed by atoms with E-state index in [0.717, 1.165) is 21.8 Å². The second-order valence-corrected chi connectivity index (χ2v) is 12.9. The fraction of sp³-hybridized carbons (Fsp3) is 0.469. The van der Waals surface area contributed by atoms with Crippen molar-refractivity contribution in [2.75, 3.05) is 31.1 Å². The maximum absolute atomic E-state index is 13.3. The van der Waals surface area contributed by atoms with Gasteiger partial charge in [0.1, 0.15) is 28.5 Å². The third-order valence-corrected chi connectivity index (χ3v) is 7.11. The molecular weight excluding hydrogens is 550 g/mol. The van der Waals surface area contributed by atoms with Crippen LogP contribution in [0.2, 0.25) is 0 Å². The van der Waals surface area contributed by atoms with Crippen molar-refractivity contribution < 1.29 is 28.3 Å². The van der Waals surface area contributed by atoms with E-state index in [1.54, 1.807) is 51.1 Å². The van der Waals surface area contributed by atoms with Crippen LogP contribution in [-0.2, 0) is 15.9 Å². The number of rotatable bonds is 3. The predicted octanol–water partition coefficient (Wildman–Crippen LogP) is 5.78. The Kier molecular flexibility index (Phi) is 7.93. The summed E-state index contributed by atoms with van der Waals surface area (Å²) >= 11 is 0. The minimum Gasteiger partial charge on any atom is -0.460 e. The van der Waals surface area contributed by atoms with E-state index in [9.17, 15) is 14.4 Å². The van der Waals surface area contributed by atoms with Gasteiger partial charge in [0.25, 0.3) is 5.91 Å². The summed E-state index contributed by atoms with van der Waals surface area (Å²) in [6.07, 6.45) is 2.91. The lowest BCUT2D eigenvalue weighted by Crippen LogP contribution is -2.50. The molecule has 11 nitrogen and oxygen atoms in total. The molecule has 1 fully saturated rings. The fourth-order valence-electron chi connectivity index (χ4n) is 5.08. The SMILES string of the molecule is C[C@@H]1Cc2oc(-c3ccnc(-c4ccc(N5CCN(C(=O)OC(C)(C)C)CC5)nc4)c3)cc2C(=O)N1C(=O)OC(C)(C)C. The first kappa shape index (κ1) is 30.1. The molecule has 0 saturated carbocycles. The largest absolute Gasteiger partial charge is 0.460 e. The summed E-state index contributed by atoms with van der Waals surface area (Å²) < 4.78 is 17.1. The van der Waals surface area contributed by atoms with Gasteiger partial charge in [0.05, 0.1) is 11.3 Å². The van der Waals surface area contributed by atoms with Crippen LogP contribution in [0.25, 0.3) is 22.6 Å². The molecule has 2 aliphatic heterocycles. The van der Waals surface area contributed by atoms with Gasteiger partial charge in [-0.2, -0.15) is 0 Å². The van der Waals surface area contributed by atoms with Crippen LogP contribution in [0.3, 0.4) is 0 Å². The molecule has 0 bridgehead atoms. The van der Waals surface area contributed by atoms with Crippen LogP contribution in [0.5, 0.6) is 0 Å². The van der Waals surface area contributed by atoms with E-state index in [1.807, 2.05) is 45.0 Å². The van der Waals surface area contributed by atoms with Crippen molar-refractivity contribution in [3.63, 3.8) is 0 Å². The Morgan fingerprint density at radius 2 is 1.56 bits per heavy atom. The fourth-order valence-corrected chi connectivity index (χ4v) is 5.08. The van der Waals surface area contributed by atoms with Crippen molar-refractivity contribution in [2.24, 2.45) is 0 Å². The second-order valence-electron chi connectivity index (χ2n) is 12.9. The molecule has 0 aliphatic carbocycles. The predicted molar refractivity (Wildman–Crippen MR) is 161 cm³/mol. The van der Waals surface area contributed by atoms with Crippen LogP contribution < -0.4 is 4.90 Å². The monoisotopic (exact) mass is 589 g/mol. The van der Waals surface area contributed by atoms with E-state index in [4.69, 9.17) is 13.9 Å². The number of anilines is 1. The molecule has 3 amide bonds. The Morgan fingerprint density at radius 3 is 2.19 bits per heavy atom. The number of amides is 3. The third kappa shape index (κ3) is 6.81. The minimum atomic E-state index is -0.712. The third-order valence-electron chi connectivity index (χ3n) is 7.11. The number of hydrogen-bond donors (Lipinski definition) is 0. The lowest BCUT2D eigenvalue weighted by atomic mass is 10.0. The molecule has 0 unspecified atom stereocenters. The topological polar surface area (TPSA) is 118 Å². The van der Waals surface area contributed by atoms with E-state index in [0.29, 0.717) is 55.4 Å². The molecule has 3 aromatic rings. The number of carbonyl (C=O) groups is 3. The van der Waals surface area contributed by atoms with Crippen molar-refractivity contribution >= 4 is 23.9 Å². The van der Waals surface area contributed by atoms with Gasteiger partial charge in [-0.05, 0) is 78.8 Å². The number of carbonyl (C=O) groups excluding carboxylic acids is 3. The van der Waals surface area contributed by atoms with E-state index < -0.39 is 29.2 Å². The summed E-state index contributed by atoms with van der Waals surface area (Å²) in [5.74, 6) is 1.46. The van der Waals surface area contributed by atoms with Gasteiger partial charge in [-0.25, -0.2) is 19.5 Å². The molecule has 228 valence electrons. The Balaban J connectivity index is 1.28. The Labute approximate surface area is 251 Å². The van der Waals surface area contributed by atoms with Crippen LogP contribution >= 0.6 is 0 Å². The van der Waals surface area contributed by atoms with Crippen LogP contribution in [0.4, 0.5) is 15.4 Å². The molecule has 43 heavy (non-hydrogen) atoms. The van der Waals surface area contributed by atoms with Crippen LogP contribution in [-0.4, -0.2) is 81.3 Å². The van der Waals surface area contributed by atoms with Crippen molar-refractivity contribution in [1.29, 1.82) is 0 Å². The highest BCUT2D eigenvalue weighted by Crippen LogP contribution is 2.33. The number of nitrogens with zero attached hydrogens (tertiary/aromatic N) is 5. The van der Waals surface area contributed by atoms with Crippen LogP contribution in [0.15, 0.2) is 47.1 Å². The van der Waals surface area contributed by atoms with Crippen LogP contribution in [0.1, 0.15) is 64.6 Å². The number of aromatic nitrogens is 2. The molecule has 0 aromatic carbocycles. The van der Waals surface area contributed by atoms with Gasteiger partial charge in [0, 0.05) is 62.2 Å². The second kappa shape index (κ2) is 11.3. The number of piperazine rings is 1. The first-order valence-corrected chi connectivity index (χ1v) is 14.5. The zero-order chi connectivity index (χ0) is 31.1. The van der Waals surface area contributed by atoms with Gasteiger partial charge in [0.2, 0.25) is 0 Å². The summed E-state index contributed by atoms with van der Waals surface area (Å²) in [5.41, 5.74) is 1.41. The number of imide groups is 1. The summed E-state index contributed by atoms with van der Waals surface area (Å²) in [5, 5.41) is 0. The molecular formula is C32H39N5O6. The molecule has 5 heterocycles. The summed E-state index contributed by atoms with van der Waals surface area (Å²) in [4.78, 5) is 52.6. The quantitative estimate of drug-likeness (QED) is 0.374. The van der Waals surface area contributed by atoms with Gasteiger partial charge in [-0.15, -0.1) is 0 Å². The van der Waals surface area contributed by atoms with Crippen molar-refractivity contribution in [3.05, 3.63) is 54.0 Å². The molecule has 0 spiro atoms. The molecule has 3 aromatic heterocycles. The zero-order valence-corrected chi connectivity index (χ0v) is 25.8. The highest BCUT2D eigenvalue weighted by molar-refractivity contribution is 6.05. The maximum atomic E-state index is 13.3. The molecule has 11 heteroatoms. The first-order chi connectivity index (χ1) is 20.2. The number of pyridine rings is 2. The first-order valence-electron chi connectivity index (χ1n) is 14.5. The summed E-state index contributed by atoms with van der Waals surface area (Å²) in [6, 6.07) is 8.90. The Bertz CT molecular complexity index is 1510. The number of furan rings is 1. The summed E-state index contributed by atoms with van der Waals surface area (Å²) in [7, 11) is 0. The summed E-state index contributed by atoms with van der Waals surface area (Å²) in [6.45, 7) is 15.1. The van der Waals surface area contributed by atoms with Gasteiger partial charge >= 0.3 is 12.2 Å². The lowest BCUT2D eigenvalue weighted by molar-refractivity contribution is 0.0157. The lowest BCUT2D eigenvalue weighted by Gasteiger charge is -2.36. The minimum absolute atomic E-state index is 0.293. The van der Waals surface area contributed by atoms with Gasteiger partial charge in [0.15, 0.2) is 0 Å². The van der Waals surface area contributed by atoms with Crippen molar-refractivity contribution in [1.82, 2.24) is 19.8 Å². The van der Waals surface area contributed by atoms with Gasteiger partial charge in [-0.1, -0.05) is 0 Å². The molecule has 1 saturated heterocycles. The highest BCUT2D eigenvalue weighted by atomic mass is 16.6. The maximum Gasteiger partial charge on any atom is 0.417 e. The average Bonchev–Trinajstić information content (AvgIpc) is 3.36. The molecule has 5 rings (SSSR count). The Morgan fingerprint density at radius 1 is 0.884 bits per heavy atom. The van der Waals surface area contributed by atoms with Gasteiger partial charge in [-0.3, -0.25) is 9.78 Å². The average molecular weight is 590 g/mol. The number of ether oxygens (including phenoxy) is 2. The number of hydrogen-bond acceptors (Lipinski definition) is 9. The molecule has 0 radical (unpaired) electrons. The molecule has 1 atom stereocenters. The Hall–Kier alpha value is -4.41. The van der Waals surface area contributed by atoms with E-state index in [1.165, 1.54) is 0 Å². The number of fused-ring (bicyclic) bond motifs is 1. The smallest absolute Gasteiger partial charge is 0.417 e. The zero-order valence-electron chi connectivity index (χ0n) is 25.8. The molecule has 0 N–H and O–H groups in total. The van der Waals surface area contributed by atoms with E-state index >= 15 is 0 Å². The van der Waals surface area contributed by atoms with E-state index in [2.05, 4.69) is 14.9 Å². The van der Waals surface area contributed by atoms with Crippen molar-refractivity contribution in [2.45, 2.75) is 72.1 Å². The molecule has 2 aliphatic rings. The normalized spacial score (nSPS) is 17.5. The standard InChI is InChI=1S/C32H39N5O6/c1-20-16-26-23(28(38)37(20)30(40)43-32(5,6)7)18-25(41-26)21-10-11-33-24(17-21)22-8-9-27(34-19-22)35-12-14-36(15-13-35)29(39)42-31(2,3)4/h8-11,17-20H,12-16H2,1-7H3/t20-/m1/s1.